The highest BCUT2D eigenvalue weighted by atomic mass is 32.1. The molecular formula is C18H21NO4S. The highest BCUT2D eigenvalue weighted by Crippen LogP contribution is 2.33. The number of anilines is 1. The van der Waals surface area contributed by atoms with E-state index in [1.165, 1.54) is 11.3 Å². The van der Waals surface area contributed by atoms with Crippen molar-refractivity contribution in [3.8, 4) is 5.75 Å². The molecule has 0 unspecified atom stereocenters. The van der Waals surface area contributed by atoms with Gasteiger partial charge in [-0.05, 0) is 44.9 Å². The van der Waals surface area contributed by atoms with Crippen LogP contribution in [0.15, 0.2) is 24.3 Å². The van der Waals surface area contributed by atoms with Crippen molar-refractivity contribution in [1.29, 1.82) is 0 Å². The normalized spacial score (nSPS) is 10.3. The second-order valence-electron chi connectivity index (χ2n) is 5.31. The lowest BCUT2D eigenvalue weighted by Gasteiger charge is -2.10. The Kier molecular flexibility index (Phi) is 5.98. The van der Waals surface area contributed by atoms with Gasteiger partial charge in [0.1, 0.15) is 10.8 Å². The van der Waals surface area contributed by atoms with Crippen LogP contribution in [0.1, 0.15) is 33.3 Å². The van der Waals surface area contributed by atoms with Gasteiger partial charge in [0.2, 0.25) is 0 Å². The molecule has 1 heterocycles. The molecule has 24 heavy (non-hydrogen) atoms. The maximum atomic E-state index is 12.2. The number of aryl methyl sites for hydroxylation is 2. The Balaban J connectivity index is 2.08. The fourth-order valence-electron chi connectivity index (χ4n) is 2.19. The lowest BCUT2D eigenvalue weighted by Crippen LogP contribution is -2.21. The number of ether oxygens (including phenoxy) is 2. The molecule has 0 saturated carbocycles. The lowest BCUT2D eigenvalue weighted by molar-refractivity contribution is -0.118. The molecule has 1 aromatic carbocycles. The Morgan fingerprint density at radius 3 is 2.54 bits per heavy atom. The standard InChI is InChI=1S/C18H21NO4S/c1-5-22-18(21)16-12(3)13(4)24-17(16)19-15(20)10-23-14-9-7-6-8-11(14)2/h6-9H,5,10H2,1-4H3,(H,19,20). The van der Waals surface area contributed by atoms with Crippen molar-refractivity contribution in [2.24, 2.45) is 0 Å². The summed E-state index contributed by atoms with van der Waals surface area (Å²) in [6.07, 6.45) is 0. The second-order valence-corrected chi connectivity index (χ2v) is 6.53. The summed E-state index contributed by atoms with van der Waals surface area (Å²) in [5.41, 5.74) is 2.21. The predicted octanol–water partition coefficient (Wildman–Crippen LogP) is 3.87. The van der Waals surface area contributed by atoms with Crippen LogP contribution in [0.3, 0.4) is 0 Å². The molecule has 0 aliphatic carbocycles. The van der Waals surface area contributed by atoms with Crippen molar-refractivity contribution >= 4 is 28.2 Å². The first-order chi connectivity index (χ1) is 11.4. The van der Waals surface area contributed by atoms with E-state index in [1.807, 2.05) is 45.0 Å². The highest BCUT2D eigenvalue weighted by Gasteiger charge is 2.22. The smallest absolute Gasteiger partial charge is 0.341 e. The average Bonchev–Trinajstić information content (AvgIpc) is 2.81. The Bertz CT molecular complexity index is 751. The molecular weight excluding hydrogens is 326 g/mol. The van der Waals surface area contributed by atoms with Crippen molar-refractivity contribution in [3.05, 3.63) is 45.8 Å². The minimum Gasteiger partial charge on any atom is -0.483 e. The van der Waals surface area contributed by atoms with Crippen molar-refractivity contribution in [3.63, 3.8) is 0 Å². The van der Waals surface area contributed by atoms with Crippen LogP contribution in [-0.2, 0) is 9.53 Å². The van der Waals surface area contributed by atoms with Crippen molar-refractivity contribution in [2.75, 3.05) is 18.5 Å². The van der Waals surface area contributed by atoms with Crippen molar-refractivity contribution in [1.82, 2.24) is 0 Å². The van der Waals surface area contributed by atoms with Crippen molar-refractivity contribution in [2.45, 2.75) is 27.7 Å². The summed E-state index contributed by atoms with van der Waals surface area (Å²) in [6.45, 7) is 7.58. The molecule has 1 N–H and O–H groups in total. The van der Waals surface area contributed by atoms with E-state index in [0.717, 1.165) is 16.0 Å². The third-order valence-corrected chi connectivity index (χ3v) is 4.69. The molecule has 2 aromatic rings. The maximum absolute atomic E-state index is 12.2. The molecule has 0 aliphatic heterocycles. The number of carbonyl (C=O) groups is 2. The predicted molar refractivity (Wildman–Crippen MR) is 95.1 cm³/mol. The number of thiophene rings is 1. The van der Waals surface area contributed by atoms with E-state index >= 15 is 0 Å². The third-order valence-electron chi connectivity index (χ3n) is 3.57. The average molecular weight is 347 g/mol. The van der Waals surface area contributed by atoms with Gasteiger partial charge in [0, 0.05) is 4.88 Å². The number of benzene rings is 1. The molecule has 6 heteroatoms. The van der Waals surface area contributed by atoms with Gasteiger partial charge in [0.25, 0.3) is 5.91 Å². The van der Waals surface area contributed by atoms with E-state index in [1.54, 1.807) is 6.92 Å². The molecule has 0 saturated heterocycles. The first-order valence-electron chi connectivity index (χ1n) is 7.69. The van der Waals surface area contributed by atoms with Gasteiger partial charge in [-0.25, -0.2) is 4.79 Å². The van der Waals surface area contributed by atoms with E-state index in [4.69, 9.17) is 9.47 Å². The van der Waals surface area contributed by atoms with Crippen LogP contribution in [0, 0.1) is 20.8 Å². The van der Waals surface area contributed by atoms with Gasteiger partial charge < -0.3 is 14.8 Å². The molecule has 0 bridgehead atoms. The van der Waals surface area contributed by atoms with Gasteiger partial charge in [-0.2, -0.15) is 0 Å². The topological polar surface area (TPSA) is 64.6 Å². The van der Waals surface area contributed by atoms with Gasteiger partial charge in [0.15, 0.2) is 6.61 Å². The fourth-order valence-corrected chi connectivity index (χ4v) is 3.25. The molecule has 128 valence electrons. The Morgan fingerprint density at radius 1 is 1.17 bits per heavy atom. The molecule has 0 radical (unpaired) electrons. The third kappa shape index (κ3) is 4.14. The summed E-state index contributed by atoms with van der Waals surface area (Å²) < 4.78 is 10.6. The molecule has 1 amide bonds. The van der Waals surface area contributed by atoms with Crippen LogP contribution in [0.2, 0.25) is 0 Å². The van der Waals surface area contributed by atoms with Crippen LogP contribution in [0.4, 0.5) is 5.00 Å². The Hall–Kier alpha value is -2.34. The Morgan fingerprint density at radius 2 is 1.88 bits per heavy atom. The van der Waals surface area contributed by atoms with E-state index in [0.29, 0.717) is 16.3 Å². The first kappa shape index (κ1) is 18.0. The van der Waals surface area contributed by atoms with Crippen LogP contribution in [0.5, 0.6) is 5.75 Å². The molecule has 5 nitrogen and oxygen atoms in total. The molecule has 0 spiro atoms. The monoisotopic (exact) mass is 347 g/mol. The number of hydrogen-bond acceptors (Lipinski definition) is 5. The van der Waals surface area contributed by atoms with Gasteiger partial charge in [0.05, 0.1) is 12.2 Å². The van der Waals surface area contributed by atoms with Gasteiger partial charge in [-0.15, -0.1) is 11.3 Å². The quantitative estimate of drug-likeness (QED) is 0.806. The summed E-state index contributed by atoms with van der Waals surface area (Å²) in [4.78, 5) is 25.2. The van der Waals surface area contributed by atoms with Crippen LogP contribution in [-0.4, -0.2) is 25.1 Å². The Labute approximate surface area is 145 Å². The van der Waals surface area contributed by atoms with E-state index in [9.17, 15) is 9.59 Å². The molecule has 0 atom stereocenters. The SMILES string of the molecule is CCOC(=O)c1c(NC(=O)COc2ccccc2C)sc(C)c1C. The molecule has 0 aliphatic rings. The summed E-state index contributed by atoms with van der Waals surface area (Å²) in [5, 5.41) is 3.26. The number of para-hydroxylation sites is 1. The summed E-state index contributed by atoms with van der Waals surface area (Å²) in [5.74, 6) is -0.0728. The maximum Gasteiger partial charge on any atom is 0.341 e. The number of esters is 1. The van der Waals surface area contributed by atoms with Gasteiger partial charge >= 0.3 is 5.97 Å². The summed E-state index contributed by atoms with van der Waals surface area (Å²) in [6, 6.07) is 7.49. The van der Waals surface area contributed by atoms with E-state index in [2.05, 4.69) is 5.32 Å². The highest BCUT2D eigenvalue weighted by molar-refractivity contribution is 7.16. The fraction of sp³-hybridized carbons (Fsp3) is 0.333. The lowest BCUT2D eigenvalue weighted by atomic mass is 10.1. The van der Waals surface area contributed by atoms with E-state index in [-0.39, 0.29) is 19.1 Å². The second kappa shape index (κ2) is 7.97. The zero-order valence-corrected chi connectivity index (χ0v) is 15.1. The minimum atomic E-state index is -0.422. The van der Waals surface area contributed by atoms with Crippen LogP contribution >= 0.6 is 11.3 Å². The number of nitrogens with one attached hydrogen (secondary N) is 1. The zero-order valence-electron chi connectivity index (χ0n) is 14.3. The first-order valence-corrected chi connectivity index (χ1v) is 8.51. The molecule has 1 aromatic heterocycles. The van der Waals surface area contributed by atoms with Crippen LogP contribution in [0.25, 0.3) is 0 Å². The minimum absolute atomic E-state index is 0.122. The van der Waals surface area contributed by atoms with Crippen molar-refractivity contribution < 1.29 is 19.1 Å². The number of hydrogen-bond donors (Lipinski definition) is 1. The largest absolute Gasteiger partial charge is 0.483 e. The number of rotatable bonds is 6. The van der Waals surface area contributed by atoms with Gasteiger partial charge in [-0.1, -0.05) is 18.2 Å². The number of amides is 1. The summed E-state index contributed by atoms with van der Waals surface area (Å²) >= 11 is 1.36. The summed E-state index contributed by atoms with van der Waals surface area (Å²) in [7, 11) is 0. The molecule has 0 fully saturated rings. The van der Waals surface area contributed by atoms with Crippen LogP contribution < -0.4 is 10.1 Å². The van der Waals surface area contributed by atoms with Gasteiger partial charge in [-0.3, -0.25) is 4.79 Å². The zero-order chi connectivity index (χ0) is 17.7. The molecule has 2 rings (SSSR count). The number of carbonyl (C=O) groups excluding carboxylic acids is 2. The van der Waals surface area contributed by atoms with E-state index < -0.39 is 5.97 Å².